The van der Waals surface area contributed by atoms with E-state index in [9.17, 15) is 0 Å². The van der Waals surface area contributed by atoms with Gasteiger partial charge in [0.15, 0.2) is 0 Å². The van der Waals surface area contributed by atoms with Crippen molar-refractivity contribution in [3.63, 3.8) is 0 Å². The summed E-state index contributed by atoms with van der Waals surface area (Å²) in [5.41, 5.74) is 1.17. The monoisotopic (exact) mass is 219 g/mol. The minimum atomic E-state index is 0.407. The molecular weight excluding hydrogens is 198 g/mol. The Morgan fingerprint density at radius 1 is 1.38 bits per heavy atom. The first-order chi connectivity index (χ1) is 7.79. The van der Waals surface area contributed by atoms with Crippen molar-refractivity contribution in [2.24, 2.45) is 0 Å². The van der Waals surface area contributed by atoms with E-state index < -0.39 is 0 Å². The summed E-state index contributed by atoms with van der Waals surface area (Å²) in [5, 5.41) is 3.41. The third kappa shape index (κ3) is 2.60. The molecule has 2 heterocycles. The number of pyridine rings is 1. The van der Waals surface area contributed by atoms with Gasteiger partial charge in [0.1, 0.15) is 0 Å². The van der Waals surface area contributed by atoms with Crippen molar-refractivity contribution < 1.29 is 0 Å². The van der Waals surface area contributed by atoms with Crippen molar-refractivity contribution in [1.29, 1.82) is 0 Å². The Bertz CT molecular complexity index is 306. The molecule has 2 rings (SSSR count). The number of hydrogen-bond donors (Lipinski definition) is 1. The second-order valence-corrected chi connectivity index (χ2v) is 4.58. The fourth-order valence-electron chi connectivity index (χ4n) is 2.36. The van der Waals surface area contributed by atoms with Crippen molar-refractivity contribution >= 4 is 0 Å². The Morgan fingerprint density at radius 3 is 2.75 bits per heavy atom. The van der Waals surface area contributed by atoms with Gasteiger partial charge in [-0.1, -0.05) is 6.07 Å². The van der Waals surface area contributed by atoms with E-state index in [0.29, 0.717) is 12.1 Å². The van der Waals surface area contributed by atoms with Crippen LogP contribution >= 0.6 is 0 Å². The quantitative estimate of drug-likeness (QED) is 0.840. The van der Waals surface area contributed by atoms with Crippen LogP contribution in [0.3, 0.4) is 0 Å². The van der Waals surface area contributed by atoms with Crippen molar-refractivity contribution in [3.8, 4) is 0 Å². The molecule has 1 fully saturated rings. The zero-order valence-electron chi connectivity index (χ0n) is 10.2. The molecule has 3 nitrogen and oxygen atoms in total. The van der Waals surface area contributed by atoms with Crippen LogP contribution in [0.25, 0.3) is 0 Å². The molecule has 1 aromatic heterocycles. The first kappa shape index (κ1) is 11.6. The van der Waals surface area contributed by atoms with Gasteiger partial charge in [0.05, 0.1) is 5.69 Å². The highest BCUT2D eigenvalue weighted by molar-refractivity contribution is 5.08. The fraction of sp³-hybridized carbons (Fsp3) is 0.615. The van der Waals surface area contributed by atoms with Gasteiger partial charge in [0.25, 0.3) is 0 Å². The van der Waals surface area contributed by atoms with Crippen molar-refractivity contribution in [2.75, 3.05) is 20.1 Å². The molecule has 1 atom stereocenters. The van der Waals surface area contributed by atoms with Gasteiger partial charge in [-0.25, -0.2) is 0 Å². The van der Waals surface area contributed by atoms with E-state index in [-0.39, 0.29) is 0 Å². The molecule has 1 N–H and O–H groups in total. The van der Waals surface area contributed by atoms with Gasteiger partial charge in [0, 0.05) is 18.3 Å². The number of nitrogens with one attached hydrogen (secondary N) is 1. The van der Waals surface area contributed by atoms with Gasteiger partial charge in [-0.05, 0) is 52.0 Å². The van der Waals surface area contributed by atoms with Gasteiger partial charge in [-0.15, -0.1) is 0 Å². The highest BCUT2D eigenvalue weighted by Gasteiger charge is 2.22. The van der Waals surface area contributed by atoms with E-state index in [1.54, 1.807) is 0 Å². The minimum Gasteiger partial charge on any atom is -0.317 e. The minimum absolute atomic E-state index is 0.407. The van der Waals surface area contributed by atoms with Crippen LogP contribution in [0.5, 0.6) is 0 Å². The zero-order valence-corrected chi connectivity index (χ0v) is 10.2. The van der Waals surface area contributed by atoms with Crippen LogP contribution in [0.2, 0.25) is 0 Å². The Balaban J connectivity index is 2.00. The maximum Gasteiger partial charge on any atom is 0.0572 e. The SMILES string of the molecule is C[C@H](c1ccccn1)N(C)C1CCNCC1. The predicted octanol–water partition coefficient (Wildman–Crippen LogP) is 1.83. The van der Waals surface area contributed by atoms with E-state index in [0.717, 1.165) is 13.1 Å². The molecule has 1 saturated heterocycles. The molecule has 0 spiro atoms. The van der Waals surface area contributed by atoms with E-state index in [4.69, 9.17) is 0 Å². The summed E-state index contributed by atoms with van der Waals surface area (Å²) in [6.45, 7) is 4.53. The van der Waals surface area contributed by atoms with Crippen LogP contribution in [-0.4, -0.2) is 36.1 Å². The molecule has 1 aliphatic rings. The third-order valence-electron chi connectivity index (χ3n) is 3.61. The Labute approximate surface area is 97.9 Å². The topological polar surface area (TPSA) is 28.2 Å². The average Bonchev–Trinajstić information content (AvgIpc) is 2.39. The number of aromatic nitrogens is 1. The van der Waals surface area contributed by atoms with Crippen molar-refractivity contribution in [2.45, 2.75) is 31.8 Å². The van der Waals surface area contributed by atoms with Gasteiger partial charge < -0.3 is 5.32 Å². The maximum absolute atomic E-state index is 4.44. The standard InChI is InChI=1S/C13H21N3/c1-11(13-5-3-4-8-15-13)16(2)12-6-9-14-10-7-12/h3-5,8,11-12,14H,6-7,9-10H2,1-2H3/t11-/m1/s1. The maximum atomic E-state index is 4.44. The molecule has 1 aliphatic heterocycles. The van der Waals surface area contributed by atoms with Crippen molar-refractivity contribution in [3.05, 3.63) is 30.1 Å². The highest BCUT2D eigenvalue weighted by atomic mass is 15.2. The summed E-state index contributed by atoms with van der Waals surface area (Å²) < 4.78 is 0. The molecule has 0 saturated carbocycles. The molecule has 0 radical (unpaired) electrons. The van der Waals surface area contributed by atoms with Gasteiger partial charge in [-0.2, -0.15) is 0 Å². The first-order valence-electron chi connectivity index (χ1n) is 6.12. The van der Waals surface area contributed by atoms with Crippen LogP contribution in [-0.2, 0) is 0 Å². The van der Waals surface area contributed by atoms with Crippen LogP contribution in [0.1, 0.15) is 31.5 Å². The van der Waals surface area contributed by atoms with Gasteiger partial charge in [0.2, 0.25) is 0 Å². The smallest absolute Gasteiger partial charge is 0.0572 e. The fourth-order valence-corrected chi connectivity index (χ4v) is 2.36. The third-order valence-corrected chi connectivity index (χ3v) is 3.61. The molecular formula is C13H21N3. The number of hydrogen-bond acceptors (Lipinski definition) is 3. The molecule has 88 valence electrons. The number of rotatable bonds is 3. The predicted molar refractivity (Wildman–Crippen MR) is 66.3 cm³/mol. The normalized spacial score (nSPS) is 19.9. The molecule has 3 heteroatoms. The summed E-state index contributed by atoms with van der Waals surface area (Å²) in [7, 11) is 2.22. The summed E-state index contributed by atoms with van der Waals surface area (Å²) in [6.07, 6.45) is 4.36. The lowest BCUT2D eigenvalue weighted by molar-refractivity contribution is 0.150. The second kappa shape index (κ2) is 5.41. The summed E-state index contributed by atoms with van der Waals surface area (Å²) in [6, 6.07) is 7.25. The largest absolute Gasteiger partial charge is 0.317 e. The summed E-state index contributed by atoms with van der Waals surface area (Å²) >= 11 is 0. The Morgan fingerprint density at radius 2 is 2.12 bits per heavy atom. The molecule has 0 aliphatic carbocycles. The lowest BCUT2D eigenvalue weighted by atomic mass is 10.0. The van der Waals surface area contributed by atoms with E-state index >= 15 is 0 Å². The highest BCUT2D eigenvalue weighted by Crippen LogP contribution is 2.22. The van der Waals surface area contributed by atoms with Crippen LogP contribution < -0.4 is 5.32 Å². The average molecular weight is 219 g/mol. The molecule has 0 amide bonds. The van der Waals surface area contributed by atoms with Gasteiger partial charge in [-0.3, -0.25) is 9.88 Å². The summed E-state index contributed by atoms with van der Waals surface area (Å²) in [5.74, 6) is 0. The zero-order chi connectivity index (χ0) is 11.4. The number of piperidine rings is 1. The molecule has 16 heavy (non-hydrogen) atoms. The van der Waals surface area contributed by atoms with Crippen LogP contribution in [0.15, 0.2) is 24.4 Å². The van der Waals surface area contributed by atoms with E-state index in [1.807, 2.05) is 12.3 Å². The first-order valence-corrected chi connectivity index (χ1v) is 6.12. The summed E-state index contributed by atoms with van der Waals surface area (Å²) in [4.78, 5) is 6.90. The molecule has 0 aromatic carbocycles. The Hall–Kier alpha value is -0.930. The molecule has 0 bridgehead atoms. The second-order valence-electron chi connectivity index (χ2n) is 4.58. The van der Waals surface area contributed by atoms with Gasteiger partial charge >= 0.3 is 0 Å². The van der Waals surface area contributed by atoms with E-state index in [2.05, 4.69) is 41.3 Å². The molecule has 1 aromatic rings. The lowest BCUT2D eigenvalue weighted by Crippen LogP contribution is -2.42. The Kier molecular flexibility index (Phi) is 3.91. The lowest BCUT2D eigenvalue weighted by Gasteiger charge is -2.35. The van der Waals surface area contributed by atoms with Crippen LogP contribution in [0, 0.1) is 0 Å². The van der Waals surface area contributed by atoms with E-state index in [1.165, 1.54) is 18.5 Å². The van der Waals surface area contributed by atoms with Crippen LogP contribution in [0.4, 0.5) is 0 Å². The number of nitrogens with zero attached hydrogens (tertiary/aromatic N) is 2. The molecule has 0 unspecified atom stereocenters. The van der Waals surface area contributed by atoms with Crippen molar-refractivity contribution in [1.82, 2.24) is 15.2 Å².